The van der Waals surface area contributed by atoms with E-state index in [0.717, 1.165) is 30.8 Å². The smallest absolute Gasteiger partial charge is 0.0519 e. The van der Waals surface area contributed by atoms with Crippen LogP contribution in [0.4, 0.5) is 0 Å². The molecule has 2 N–H and O–H groups in total. The Kier molecular flexibility index (Phi) is 17.8. The average molecular weight is 212 g/mol. The Balaban J connectivity index is 0. The Hall–Kier alpha value is 0.620. The van der Waals surface area contributed by atoms with E-state index in [1.807, 2.05) is 0 Å². The molecule has 1 unspecified atom stereocenters. The zero-order chi connectivity index (χ0) is 9.82. The highest BCUT2D eigenvalue weighted by molar-refractivity contribution is 7.80. The lowest BCUT2D eigenvalue weighted by molar-refractivity contribution is 0.192. The van der Waals surface area contributed by atoms with E-state index in [1.54, 1.807) is 6.92 Å². The number of hydrogen-bond acceptors (Lipinski definition) is 4. The van der Waals surface area contributed by atoms with Gasteiger partial charge in [0, 0.05) is 6.61 Å². The standard InChI is InChI=1S/2C4H10OS/c1-4(5)2-3-6;5-3-1-2-4-6/h4-6H,2-3H2,1H3;5-6H,1-4H2. The highest BCUT2D eigenvalue weighted by Gasteiger charge is 1.87. The second-order valence-electron chi connectivity index (χ2n) is 2.52. The first-order chi connectivity index (χ1) is 5.68. The van der Waals surface area contributed by atoms with Crippen molar-refractivity contribution >= 4 is 25.3 Å². The van der Waals surface area contributed by atoms with Crippen molar-refractivity contribution in [2.45, 2.75) is 32.3 Å². The Morgan fingerprint density at radius 3 is 1.83 bits per heavy atom. The van der Waals surface area contributed by atoms with Gasteiger partial charge in [-0.1, -0.05) is 0 Å². The molecule has 76 valence electrons. The molecule has 1 atom stereocenters. The summed E-state index contributed by atoms with van der Waals surface area (Å²) in [4.78, 5) is 0. The van der Waals surface area contributed by atoms with Crippen LogP contribution in [0.1, 0.15) is 26.2 Å². The highest BCUT2D eigenvalue weighted by Crippen LogP contribution is 1.89. The zero-order valence-electron chi connectivity index (χ0n) is 7.61. The summed E-state index contributed by atoms with van der Waals surface area (Å²) in [5.41, 5.74) is 0. The monoisotopic (exact) mass is 212 g/mol. The molecule has 0 amide bonds. The molecule has 4 heteroatoms. The van der Waals surface area contributed by atoms with Gasteiger partial charge in [-0.05, 0) is 37.7 Å². The van der Waals surface area contributed by atoms with Gasteiger partial charge in [0.05, 0.1) is 6.10 Å². The van der Waals surface area contributed by atoms with E-state index >= 15 is 0 Å². The maximum atomic E-state index is 8.50. The van der Waals surface area contributed by atoms with Crippen molar-refractivity contribution in [3.05, 3.63) is 0 Å². The molecule has 0 bridgehead atoms. The summed E-state index contributed by atoms with van der Waals surface area (Å²) in [6.45, 7) is 2.07. The van der Waals surface area contributed by atoms with Gasteiger partial charge in [0.25, 0.3) is 0 Å². The van der Waals surface area contributed by atoms with Crippen molar-refractivity contribution in [2.75, 3.05) is 18.1 Å². The van der Waals surface area contributed by atoms with Crippen molar-refractivity contribution in [1.29, 1.82) is 0 Å². The summed E-state index contributed by atoms with van der Waals surface area (Å²) in [7, 11) is 0. The number of rotatable bonds is 5. The lowest BCUT2D eigenvalue weighted by Crippen LogP contribution is -1.98. The van der Waals surface area contributed by atoms with Gasteiger partial charge < -0.3 is 10.2 Å². The molecule has 0 heterocycles. The first kappa shape index (κ1) is 15.1. The van der Waals surface area contributed by atoms with Crippen molar-refractivity contribution in [2.24, 2.45) is 0 Å². The minimum Gasteiger partial charge on any atom is -0.396 e. The third-order valence-corrected chi connectivity index (χ3v) is 1.69. The van der Waals surface area contributed by atoms with Crippen LogP contribution in [0.3, 0.4) is 0 Å². The zero-order valence-corrected chi connectivity index (χ0v) is 9.40. The fraction of sp³-hybridized carbons (Fsp3) is 1.00. The van der Waals surface area contributed by atoms with Crippen LogP contribution >= 0.6 is 25.3 Å². The predicted octanol–water partition coefficient (Wildman–Crippen LogP) is 1.38. The average Bonchev–Trinajstić information content (AvgIpc) is 2.02. The van der Waals surface area contributed by atoms with Crippen molar-refractivity contribution in [1.82, 2.24) is 0 Å². The van der Waals surface area contributed by atoms with E-state index in [-0.39, 0.29) is 6.10 Å². The minimum atomic E-state index is -0.178. The summed E-state index contributed by atoms with van der Waals surface area (Å²) in [6.07, 6.45) is 2.54. The first-order valence-corrected chi connectivity index (χ1v) is 5.46. The molecule has 0 aromatic heterocycles. The number of unbranched alkanes of at least 4 members (excludes halogenated alkanes) is 1. The second kappa shape index (κ2) is 14.2. The van der Waals surface area contributed by atoms with Crippen molar-refractivity contribution in [3.8, 4) is 0 Å². The van der Waals surface area contributed by atoms with Gasteiger partial charge in [0.15, 0.2) is 0 Å². The van der Waals surface area contributed by atoms with Crippen LogP contribution in [0.25, 0.3) is 0 Å². The fourth-order valence-electron chi connectivity index (χ4n) is 0.410. The fourth-order valence-corrected chi connectivity index (χ4v) is 1.01. The van der Waals surface area contributed by atoms with Gasteiger partial charge in [-0.2, -0.15) is 25.3 Å². The number of aliphatic hydroxyl groups is 2. The van der Waals surface area contributed by atoms with Crippen LogP contribution in [0.15, 0.2) is 0 Å². The molecule has 0 saturated carbocycles. The largest absolute Gasteiger partial charge is 0.396 e. The highest BCUT2D eigenvalue weighted by atomic mass is 32.1. The Bertz CT molecular complexity index is 66.1. The van der Waals surface area contributed by atoms with Crippen LogP contribution in [0, 0.1) is 0 Å². The van der Waals surface area contributed by atoms with Crippen LogP contribution in [-0.4, -0.2) is 34.4 Å². The molecule has 0 aromatic rings. The molecule has 0 radical (unpaired) electrons. The van der Waals surface area contributed by atoms with Gasteiger partial charge in [-0.15, -0.1) is 0 Å². The van der Waals surface area contributed by atoms with Crippen LogP contribution < -0.4 is 0 Å². The molecule has 0 fully saturated rings. The van der Waals surface area contributed by atoms with E-state index in [0.29, 0.717) is 6.61 Å². The number of hydrogen-bond donors (Lipinski definition) is 4. The van der Waals surface area contributed by atoms with Crippen molar-refractivity contribution < 1.29 is 10.2 Å². The second-order valence-corrected chi connectivity index (χ2v) is 3.41. The normalized spacial score (nSPS) is 11.8. The molecular weight excluding hydrogens is 192 g/mol. The lowest BCUT2D eigenvalue weighted by Gasteiger charge is -1.95. The summed E-state index contributed by atoms with van der Waals surface area (Å²) in [6, 6.07) is 0. The topological polar surface area (TPSA) is 40.5 Å². The summed E-state index contributed by atoms with van der Waals surface area (Å²) in [5, 5.41) is 16.7. The molecule has 0 aliphatic rings. The van der Waals surface area contributed by atoms with Gasteiger partial charge >= 0.3 is 0 Å². The number of aliphatic hydroxyl groups excluding tert-OH is 2. The molecule has 12 heavy (non-hydrogen) atoms. The number of thiol groups is 2. The molecule has 0 saturated heterocycles. The quantitative estimate of drug-likeness (QED) is 0.411. The van der Waals surface area contributed by atoms with Crippen molar-refractivity contribution in [3.63, 3.8) is 0 Å². The predicted molar refractivity (Wildman–Crippen MR) is 60.3 cm³/mol. The van der Waals surface area contributed by atoms with Gasteiger partial charge in [0.2, 0.25) is 0 Å². The Morgan fingerprint density at radius 2 is 1.75 bits per heavy atom. The summed E-state index contributed by atoms with van der Waals surface area (Å²) in [5.74, 6) is 1.66. The first-order valence-electron chi connectivity index (χ1n) is 4.19. The van der Waals surface area contributed by atoms with E-state index in [9.17, 15) is 0 Å². The SMILES string of the molecule is CC(O)CCS.OCCCCS. The van der Waals surface area contributed by atoms with E-state index in [2.05, 4.69) is 25.3 Å². The molecule has 2 nitrogen and oxygen atoms in total. The Morgan fingerprint density at radius 1 is 1.17 bits per heavy atom. The summed E-state index contributed by atoms with van der Waals surface area (Å²) >= 11 is 7.84. The molecule has 0 rings (SSSR count). The summed E-state index contributed by atoms with van der Waals surface area (Å²) < 4.78 is 0. The third-order valence-electron chi connectivity index (χ3n) is 1.11. The maximum Gasteiger partial charge on any atom is 0.0519 e. The van der Waals surface area contributed by atoms with Gasteiger partial charge in [-0.25, -0.2) is 0 Å². The van der Waals surface area contributed by atoms with E-state index in [4.69, 9.17) is 10.2 Å². The van der Waals surface area contributed by atoms with E-state index < -0.39 is 0 Å². The van der Waals surface area contributed by atoms with E-state index in [1.165, 1.54) is 0 Å². The Labute approximate surface area is 86.2 Å². The van der Waals surface area contributed by atoms with Crippen LogP contribution in [0.2, 0.25) is 0 Å². The molecule has 0 aliphatic carbocycles. The van der Waals surface area contributed by atoms with Crippen LogP contribution in [0.5, 0.6) is 0 Å². The molecule has 0 spiro atoms. The van der Waals surface area contributed by atoms with Crippen LogP contribution in [-0.2, 0) is 0 Å². The molecule has 0 aliphatic heterocycles. The van der Waals surface area contributed by atoms with Gasteiger partial charge in [0.1, 0.15) is 0 Å². The minimum absolute atomic E-state index is 0.178. The lowest BCUT2D eigenvalue weighted by atomic mass is 10.3. The maximum absolute atomic E-state index is 8.50. The van der Waals surface area contributed by atoms with Gasteiger partial charge in [-0.3, -0.25) is 0 Å². The third kappa shape index (κ3) is 22.4. The molecule has 0 aromatic carbocycles. The molecular formula is C8H20O2S2.